The van der Waals surface area contributed by atoms with Crippen molar-refractivity contribution in [3.8, 4) is 0 Å². The number of likely N-dealkylation sites (N-methyl/N-ethyl adjacent to an activating group) is 1. The molecule has 1 aliphatic heterocycles. The molecule has 1 aromatic carbocycles. The van der Waals surface area contributed by atoms with Crippen LogP contribution in [0.3, 0.4) is 0 Å². The van der Waals surface area contributed by atoms with E-state index in [1.165, 1.54) is 6.07 Å². The van der Waals surface area contributed by atoms with Crippen molar-refractivity contribution in [2.45, 2.75) is 12.5 Å². The Labute approximate surface area is 113 Å². The highest BCUT2D eigenvalue weighted by Gasteiger charge is 2.17. The molecule has 0 spiro atoms. The average Bonchev–Trinajstić information content (AvgIpc) is 2.39. The Bertz CT molecular complexity index is 438. The molecule has 1 amide bonds. The van der Waals surface area contributed by atoms with E-state index in [0.29, 0.717) is 12.1 Å². The summed E-state index contributed by atoms with van der Waals surface area (Å²) in [5, 5.41) is 6.20. The monoisotopic (exact) mass is 265 g/mol. The molecule has 1 fully saturated rings. The van der Waals surface area contributed by atoms with E-state index in [1.807, 2.05) is 0 Å². The van der Waals surface area contributed by atoms with Crippen LogP contribution in [0.25, 0.3) is 0 Å². The molecular formula is C14H20FN3O. The lowest BCUT2D eigenvalue weighted by Gasteiger charge is -2.30. The zero-order chi connectivity index (χ0) is 13.7. The Balaban J connectivity index is 1.77. The van der Waals surface area contributed by atoms with Crippen LogP contribution in [0.1, 0.15) is 5.56 Å². The lowest BCUT2D eigenvalue weighted by Crippen LogP contribution is -2.53. The number of nitrogens with one attached hydrogen (secondary N) is 2. The number of piperazine rings is 1. The number of hydrogen-bond donors (Lipinski definition) is 2. The summed E-state index contributed by atoms with van der Waals surface area (Å²) in [4.78, 5) is 14.0. The molecule has 4 nitrogen and oxygen atoms in total. The van der Waals surface area contributed by atoms with Crippen LogP contribution < -0.4 is 10.6 Å². The van der Waals surface area contributed by atoms with Crippen LogP contribution in [0.15, 0.2) is 24.3 Å². The molecule has 0 radical (unpaired) electrons. The van der Waals surface area contributed by atoms with Gasteiger partial charge in [-0.2, -0.15) is 0 Å². The van der Waals surface area contributed by atoms with Gasteiger partial charge in [-0.05, 0) is 18.7 Å². The molecule has 0 aliphatic carbocycles. The number of halogens is 1. The highest BCUT2D eigenvalue weighted by atomic mass is 19.1. The molecule has 19 heavy (non-hydrogen) atoms. The minimum Gasteiger partial charge on any atom is -0.354 e. The molecule has 0 aromatic heterocycles. The minimum absolute atomic E-state index is 0.0925. The number of nitrogens with zero attached hydrogens (tertiary/aromatic N) is 1. The SMILES string of the molecule is CN1CCNC(CNC(=O)Cc2ccccc2F)C1. The quantitative estimate of drug-likeness (QED) is 0.827. The van der Waals surface area contributed by atoms with Crippen LogP contribution >= 0.6 is 0 Å². The first kappa shape index (κ1) is 14.0. The fourth-order valence-electron chi connectivity index (χ4n) is 2.24. The summed E-state index contributed by atoms with van der Waals surface area (Å²) in [6, 6.07) is 6.65. The zero-order valence-corrected chi connectivity index (χ0v) is 11.2. The van der Waals surface area contributed by atoms with E-state index in [2.05, 4.69) is 22.6 Å². The summed E-state index contributed by atoms with van der Waals surface area (Å²) >= 11 is 0. The van der Waals surface area contributed by atoms with Crippen molar-refractivity contribution >= 4 is 5.91 Å². The summed E-state index contributed by atoms with van der Waals surface area (Å²) in [6.45, 7) is 3.46. The number of carbonyl (C=O) groups excluding carboxylic acids is 1. The molecule has 1 aromatic rings. The van der Waals surface area contributed by atoms with Gasteiger partial charge in [-0.1, -0.05) is 18.2 Å². The second-order valence-electron chi connectivity index (χ2n) is 4.99. The fourth-order valence-corrected chi connectivity index (χ4v) is 2.24. The predicted octanol–water partition coefficient (Wildman–Crippen LogP) is 0.388. The van der Waals surface area contributed by atoms with Gasteiger partial charge in [0.1, 0.15) is 5.82 Å². The lowest BCUT2D eigenvalue weighted by molar-refractivity contribution is -0.120. The molecular weight excluding hydrogens is 245 g/mol. The van der Waals surface area contributed by atoms with Gasteiger partial charge in [0.15, 0.2) is 0 Å². The Morgan fingerprint density at radius 2 is 2.32 bits per heavy atom. The normalized spacial score (nSPS) is 20.2. The van der Waals surface area contributed by atoms with Crippen molar-refractivity contribution in [3.05, 3.63) is 35.6 Å². The molecule has 5 heteroatoms. The fraction of sp³-hybridized carbons (Fsp3) is 0.500. The van der Waals surface area contributed by atoms with E-state index in [4.69, 9.17) is 0 Å². The summed E-state index contributed by atoms with van der Waals surface area (Å²) < 4.78 is 13.4. The Hall–Kier alpha value is -1.46. The maximum absolute atomic E-state index is 13.4. The Morgan fingerprint density at radius 3 is 3.05 bits per heavy atom. The van der Waals surface area contributed by atoms with Crippen LogP contribution in [-0.4, -0.2) is 50.1 Å². The van der Waals surface area contributed by atoms with Crippen molar-refractivity contribution in [1.29, 1.82) is 0 Å². The van der Waals surface area contributed by atoms with E-state index in [9.17, 15) is 9.18 Å². The van der Waals surface area contributed by atoms with Crippen LogP contribution in [0, 0.1) is 5.82 Å². The third-order valence-electron chi connectivity index (χ3n) is 3.31. The van der Waals surface area contributed by atoms with Gasteiger partial charge in [0.2, 0.25) is 5.91 Å². The van der Waals surface area contributed by atoms with Crippen molar-refractivity contribution in [2.75, 3.05) is 33.2 Å². The third-order valence-corrected chi connectivity index (χ3v) is 3.31. The molecule has 1 saturated heterocycles. The maximum Gasteiger partial charge on any atom is 0.224 e. The highest BCUT2D eigenvalue weighted by Crippen LogP contribution is 2.06. The zero-order valence-electron chi connectivity index (χ0n) is 11.2. The molecule has 1 aliphatic rings. The molecule has 104 valence electrons. The highest BCUT2D eigenvalue weighted by molar-refractivity contribution is 5.78. The van der Waals surface area contributed by atoms with Crippen LogP contribution in [-0.2, 0) is 11.2 Å². The van der Waals surface area contributed by atoms with E-state index in [1.54, 1.807) is 18.2 Å². The van der Waals surface area contributed by atoms with Crippen LogP contribution in [0.4, 0.5) is 4.39 Å². The minimum atomic E-state index is -0.326. The number of benzene rings is 1. The molecule has 1 atom stereocenters. The maximum atomic E-state index is 13.4. The topological polar surface area (TPSA) is 44.4 Å². The smallest absolute Gasteiger partial charge is 0.224 e. The van der Waals surface area contributed by atoms with Crippen LogP contribution in [0.5, 0.6) is 0 Å². The van der Waals surface area contributed by atoms with E-state index >= 15 is 0 Å². The first-order valence-electron chi connectivity index (χ1n) is 6.57. The lowest BCUT2D eigenvalue weighted by atomic mass is 10.1. The van der Waals surface area contributed by atoms with Gasteiger partial charge in [0, 0.05) is 32.2 Å². The van der Waals surface area contributed by atoms with E-state index in [-0.39, 0.29) is 24.2 Å². The summed E-state index contributed by atoms with van der Waals surface area (Å²) in [5.41, 5.74) is 0.439. The molecule has 1 heterocycles. The number of rotatable bonds is 4. The molecule has 0 bridgehead atoms. The summed E-state index contributed by atoms with van der Waals surface area (Å²) in [7, 11) is 2.06. The van der Waals surface area contributed by atoms with Gasteiger partial charge in [0.25, 0.3) is 0 Å². The Kier molecular flexibility index (Phi) is 4.87. The third kappa shape index (κ3) is 4.29. The van der Waals surface area contributed by atoms with Crippen molar-refractivity contribution in [3.63, 3.8) is 0 Å². The van der Waals surface area contributed by atoms with Gasteiger partial charge in [0.05, 0.1) is 6.42 Å². The second kappa shape index (κ2) is 6.63. The number of amides is 1. The van der Waals surface area contributed by atoms with Crippen molar-refractivity contribution in [1.82, 2.24) is 15.5 Å². The Morgan fingerprint density at radius 1 is 1.53 bits per heavy atom. The number of hydrogen-bond acceptors (Lipinski definition) is 3. The standard InChI is InChI=1S/C14H20FN3O/c1-18-7-6-16-12(10-18)9-17-14(19)8-11-4-2-3-5-13(11)15/h2-5,12,16H,6-10H2,1H3,(H,17,19). The van der Waals surface area contributed by atoms with Gasteiger partial charge >= 0.3 is 0 Å². The van der Waals surface area contributed by atoms with Crippen molar-refractivity contribution in [2.24, 2.45) is 0 Å². The van der Waals surface area contributed by atoms with Crippen LogP contribution in [0.2, 0.25) is 0 Å². The molecule has 2 N–H and O–H groups in total. The van der Waals surface area contributed by atoms with Gasteiger partial charge in [-0.15, -0.1) is 0 Å². The molecule has 2 rings (SSSR count). The van der Waals surface area contributed by atoms with Gasteiger partial charge in [-0.25, -0.2) is 4.39 Å². The van der Waals surface area contributed by atoms with E-state index in [0.717, 1.165) is 19.6 Å². The first-order valence-corrected chi connectivity index (χ1v) is 6.57. The summed E-state index contributed by atoms with van der Waals surface area (Å²) in [6.07, 6.45) is 0.0925. The second-order valence-corrected chi connectivity index (χ2v) is 4.99. The van der Waals surface area contributed by atoms with Crippen molar-refractivity contribution < 1.29 is 9.18 Å². The van der Waals surface area contributed by atoms with E-state index < -0.39 is 0 Å². The summed E-state index contributed by atoms with van der Waals surface area (Å²) in [5.74, 6) is -0.465. The molecule has 1 unspecified atom stereocenters. The number of carbonyl (C=O) groups is 1. The first-order chi connectivity index (χ1) is 9.15. The average molecular weight is 265 g/mol. The van der Waals surface area contributed by atoms with Gasteiger partial charge < -0.3 is 15.5 Å². The van der Waals surface area contributed by atoms with Gasteiger partial charge in [-0.3, -0.25) is 4.79 Å². The predicted molar refractivity (Wildman–Crippen MR) is 72.4 cm³/mol. The largest absolute Gasteiger partial charge is 0.354 e. The molecule has 0 saturated carbocycles.